The number of aryl methyl sites for hydroxylation is 1. The molecule has 5 nitrogen and oxygen atoms in total. The molecule has 14 heavy (non-hydrogen) atoms. The molecule has 0 unspecified atom stereocenters. The number of ether oxygens (including phenoxy) is 1. The first kappa shape index (κ1) is 8.80. The van der Waals surface area contributed by atoms with Crippen molar-refractivity contribution in [3.8, 4) is 5.75 Å². The summed E-state index contributed by atoms with van der Waals surface area (Å²) in [6, 6.07) is 3.34. The van der Waals surface area contributed by atoms with Crippen molar-refractivity contribution in [2.24, 2.45) is 0 Å². The summed E-state index contributed by atoms with van der Waals surface area (Å²) in [4.78, 5) is 10.3. The molecule has 0 atom stereocenters. The number of rotatable bonds is 1. The molecule has 0 aliphatic carbocycles. The summed E-state index contributed by atoms with van der Waals surface area (Å²) in [5, 5.41) is 13.7. The first-order valence-electron chi connectivity index (χ1n) is 4.34. The maximum Gasteiger partial charge on any atom is 0.296 e. The summed E-state index contributed by atoms with van der Waals surface area (Å²) in [5.41, 5.74) is 1.41. The number of nitrogens with zero attached hydrogens (tertiary/aromatic N) is 1. The van der Waals surface area contributed by atoms with Gasteiger partial charge in [0, 0.05) is 12.6 Å². The van der Waals surface area contributed by atoms with E-state index in [1.54, 1.807) is 12.1 Å². The molecule has 1 aliphatic heterocycles. The Labute approximate surface area is 80.8 Å². The van der Waals surface area contributed by atoms with Crippen molar-refractivity contribution in [2.75, 3.05) is 18.5 Å². The summed E-state index contributed by atoms with van der Waals surface area (Å²) in [6.45, 7) is 2.97. The highest BCUT2D eigenvalue weighted by molar-refractivity contribution is 5.72. The van der Waals surface area contributed by atoms with Crippen LogP contribution in [0.5, 0.6) is 5.75 Å². The van der Waals surface area contributed by atoms with E-state index in [0.717, 1.165) is 5.56 Å². The van der Waals surface area contributed by atoms with Crippen LogP contribution < -0.4 is 10.1 Å². The van der Waals surface area contributed by atoms with Crippen molar-refractivity contribution in [3.63, 3.8) is 0 Å². The van der Waals surface area contributed by atoms with Crippen LogP contribution in [-0.2, 0) is 0 Å². The van der Waals surface area contributed by atoms with Gasteiger partial charge in [0.15, 0.2) is 5.69 Å². The summed E-state index contributed by atoms with van der Waals surface area (Å²) in [7, 11) is 0. The van der Waals surface area contributed by atoms with Gasteiger partial charge in [0.25, 0.3) is 5.69 Å². The topological polar surface area (TPSA) is 64.4 Å². The van der Waals surface area contributed by atoms with Crippen LogP contribution in [0.4, 0.5) is 11.4 Å². The van der Waals surface area contributed by atoms with Crippen LogP contribution in [0, 0.1) is 17.0 Å². The SMILES string of the molecule is Cc1cc2c(c([N+](=O)[O-])c1)NCCO2. The molecule has 2 rings (SSSR count). The Morgan fingerprint density at radius 1 is 1.57 bits per heavy atom. The normalized spacial score (nSPS) is 13.8. The highest BCUT2D eigenvalue weighted by Gasteiger charge is 2.21. The Kier molecular flexibility index (Phi) is 1.99. The molecule has 5 heteroatoms. The molecular weight excluding hydrogens is 184 g/mol. The molecule has 0 saturated carbocycles. The van der Waals surface area contributed by atoms with E-state index in [1.807, 2.05) is 6.92 Å². The van der Waals surface area contributed by atoms with E-state index in [1.165, 1.54) is 0 Å². The van der Waals surface area contributed by atoms with Gasteiger partial charge in [0.1, 0.15) is 12.4 Å². The minimum atomic E-state index is -0.395. The average molecular weight is 194 g/mol. The van der Waals surface area contributed by atoms with E-state index < -0.39 is 4.92 Å². The van der Waals surface area contributed by atoms with Gasteiger partial charge in [-0.2, -0.15) is 0 Å². The monoisotopic (exact) mass is 194 g/mol. The second-order valence-electron chi connectivity index (χ2n) is 3.19. The third-order valence-corrected chi connectivity index (χ3v) is 2.08. The maximum absolute atomic E-state index is 10.7. The van der Waals surface area contributed by atoms with E-state index in [4.69, 9.17) is 4.74 Å². The summed E-state index contributed by atoms with van der Waals surface area (Å²) < 4.78 is 5.33. The van der Waals surface area contributed by atoms with Gasteiger partial charge in [-0.15, -0.1) is 0 Å². The van der Waals surface area contributed by atoms with E-state index in [0.29, 0.717) is 24.6 Å². The van der Waals surface area contributed by atoms with Crippen LogP contribution in [0.15, 0.2) is 12.1 Å². The molecule has 0 radical (unpaired) electrons. The Morgan fingerprint density at radius 2 is 2.36 bits per heavy atom. The molecule has 1 aromatic rings. The zero-order chi connectivity index (χ0) is 10.1. The molecule has 0 saturated heterocycles. The highest BCUT2D eigenvalue weighted by Crippen LogP contribution is 2.37. The number of hydrogen-bond acceptors (Lipinski definition) is 4. The van der Waals surface area contributed by atoms with Crippen LogP contribution in [0.3, 0.4) is 0 Å². The Balaban J connectivity index is 2.58. The van der Waals surface area contributed by atoms with Crippen LogP contribution in [0.1, 0.15) is 5.56 Å². The van der Waals surface area contributed by atoms with Crippen molar-refractivity contribution in [2.45, 2.75) is 6.92 Å². The van der Waals surface area contributed by atoms with Gasteiger partial charge < -0.3 is 10.1 Å². The van der Waals surface area contributed by atoms with E-state index >= 15 is 0 Å². The zero-order valence-electron chi connectivity index (χ0n) is 7.74. The predicted molar refractivity (Wildman–Crippen MR) is 51.8 cm³/mol. The minimum absolute atomic E-state index is 0.0831. The van der Waals surface area contributed by atoms with Gasteiger partial charge in [0.2, 0.25) is 0 Å². The van der Waals surface area contributed by atoms with Gasteiger partial charge in [-0.05, 0) is 18.6 Å². The lowest BCUT2D eigenvalue weighted by molar-refractivity contribution is -0.384. The lowest BCUT2D eigenvalue weighted by Crippen LogP contribution is -2.19. The van der Waals surface area contributed by atoms with Crippen molar-refractivity contribution in [1.82, 2.24) is 0 Å². The lowest BCUT2D eigenvalue weighted by Gasteiger charge is -2.19. The van der Waals surface area contributed by atoms with Gasteiger partial charge in [-0.25, -0.2) is 0 Å². The van der Waals surface area contributed by atoms with Crippen molar-refractivity contribution in [1.29, 1.82) is 0 Å². The number of fused-ring (bicyclic) bond motifs is 1. The molecule has 0 aromatic heterocycles. The molecule has 0 fully saturated rings. The predicted octanol–water partition coefficient (Wildman–Crippen LogP) is 1.71. The summed E-state index contributed by atoms with van der Waals surface area (Å²) in [5.74, 6) is 0.572. The van der Waals surface area contributed by atoms with Gasteiger partial charge >= 0.3 is 0 Å². The molecule has 0 amide bonds. The molecule has 0 spiro atoms. The van der Waals surface area contributed by atoms with E-state index in [9.17, 15) is 10.1 Å². The van der Waals surface area contributed by atoms with Crippen molar-refractivity contribution in [3.05, 3.63) is 27.8 Å². The second-order valence-corrected chi connectivity index (χ2v) is 3.19. The Morgan fingerprint density at radius 3 is 3.07 bits per heavy atom. The van der Waals surface area contributed by atoms with Gasteiger partial charge in [-0.1, -0.05) is 0 Å². The number of hydrogen-bond donors (Lipinski definition) is 1. The molecule has 0 bridgehead atoms. The molecule has 74 valence electrons. The van der Waals surface area contributed by atoms with Crippen molar-refractivity contribution >= 4 is 11.4 Å². The summed E-state index contributed by atoms with van der Waals surface area (Å²) in [6.07, 6.45) is 0. The van der Waals surface area contributed by atoms with E-state index in [2.05, 4.69) is 5.32 Å². The number of nitro benzene ring substituents is 1. The third kappa shape index (κ3) is 1.37. The standard InChI is InChI=1S/C9H10N2O3/c1-6-4-7(11(12)13)9-8(5-6)14-3-2-10-9/h4-5,10H,2-3H2,1H3. The van der Waals surface area contributed by atoms with Crippen LogP contribution in [0.2, 0.25) is 0 Å². The largest absolute Gasteiger partial charge is 0.489 e. The number of anilines is 1. The van der Waals surface area contributed by atoms with E-state index in [-0.39, 0.29) is 5.69 Å². The first-order valence-corrected chi connectivity index (χ1v) is 4.34. The Bertz CT molecular complexity index is 390. The fourth-order valence-electron chi connectivity index (χ4n) is 1.51. The molecule has 1 aliphatic rings. The number of nitrogens with one attached hydrogen (secondary N) is 1. The number of nitro groups is 1. The third-order valence-electron chi connectivity index (χ3n) is 2.08. The van der Waals surface area contributed by atoms with Crippen LogP contribution in [0.25, 0.3) is 0 Å². The van der Waals surface area contributed by atoms with Crippen LogP contribution >= 0.6 is 0 Å². The highest BCUT2D eigenvalue weighted by atomic mass is 16.6. The molecule has 1 aromatic carbocycles. The fraction of sp³-hybridized carbons (Fsp3) is 0.333. The van der Waals surface area contributed by atoms with Gasteiger partial charge in [-0.3, -0.25) is 10.1 Å². The maximum atomic E-state index is 10.7. The minimum Gasteiger partial charge on any atom is -0.489 e. The molecule has 1 N–H and O–H groups in total. The fourth-order valence-corrected chi connectivity index (χ4v) is 1.51. The summed E-state index contributed by atoms with van der Waals surface area (Å²) >= 11 is 0. The number of benzene rings is 1. The molecular formula is C9H10N2O3. The lowest BCUT2D eigenvalue weighted by atomic mass is 10.1. The quantitative estimate of drug-likeness (QED) is 0.546. The average Bonchev–Trinajstić information content (AvgIpc) is 2.16. The van der Waals surface area contributed by atoms with Crippen molar-refractivity contribution < 1.29 is 9.66 Å². The Hall–Kier alpha value is -1.78. The molecule has 1 heterocycles. The second kappa shape index (κ2) is 3.17. The van der Waals surface area contributed by atoms with Gasteiger partial charge in [0.05, 0.1) is 4.92 Å². The van der Waals surface area contributed by atoms with Crippen LogP contribution in [-0.4, -0.2) is 18.1 Å². The smallest absolute Gasteiger partial charge is 0.296 e. The zero-order valence-corrected chi connectivity index (χ0v) is 7.74. The first-order chi connectivity index (χ1) is 6.68.